The predicted octanol–water partition coefficient (Wildman–Crippen LogP) is 3.05. The number of likely N-dealkylation sites (tertiary alicyclic amines) is 1. The molecule has 2 heterocycles. The molecule has 2 aliphatic rings. The number of nitrogens with zero attached hydrogens (tertiary/aromatic N) is 1. The Morgan fingerprint density at radius 1 is 1.09 bits per heavy atom. The SMILES string of the molecule is Cl.O=C(C1CNC1)N1CCC(c2ccc(C(F)(F)F)cc2)CC1. The number of halogens is 4. The van der Waals surface area contributed by atoms with Gasteiger partial charge in [0.15, 0.2) is 0 Å². The molecule has 3 nitrogen and oxygen atoms in total. The Labute approximate surface area is 139 Å². The first-order chi connectivity index (χ1) is 10.4. The van der Waals surface area contributed by atoms with Gasteiger partial charge in [-0.15, -0.1) is 12.4 Å². The molecule has 2 saturated heterocycles. The molecule has 0 bridgehead atoms. The van der Waals surface area contributed by atoms with Gasteiger partial charge < -0.3 is 10.2 Å². The van der Waals surface area contributed by atoms with Crippen molar-refractivity contribution in [3.8, 4) is 0 Å². The Hall–Kier alpha value is -1.27. The van der Waals surface area contributed by atoms with E-state index >= 15 is 0 Å². The molecule has 1 aromatic rings. The zero-order valence-corrected chi connectivity index (χ0v) is 13.4. The van der Waals surface area contributed by atoms with E-state index in [1.807, 2.05) is 4.90 Å². The molecule has 1 aromatic carbocycles. The lowest BCUT2D eigenvalue weighted by atomic mass is 9.88. The van der Waals surface area contributed by atoms with Crippen LogP contribution < -0.4 is 5.32 Å². The Morgan fingerprint density at radius 3 is 2.09 bits per heavy atom. The maximum Gasteiger partial charge on any atom is 0.416 e. The lowest BCUT2D eigenvalue weighted by molar-refractivity contribution is -0.138. The van der Waals surface area contributed by atoms with Gasteiger partial charge in [-0.3, -0.25) is 4.79 Å². The fraction of sp³-hybridized carbons (Fsp3) is 0.562. The van der Waals surface area contributed by atoms with Crippen LogP contribution in [0.15, 0.2) is 24.3 Å². The van der Waals surface area contributed by atoms with E-state index in [9.17, 15) is 18.0 Å². The molecule has 0 spiro atoms. The van der Waals surface area contributed by atoms with Crippen molar-refractivity contribution in [3.63, 3.8) is 0 Å². The summed E-state index contributed by atoms with van der Waals surface area (Å²) in [4.78, 5) is 14.0. The van der Waals surface area contributed by atoms with Crippen LogP contribution in [0.3, 0.4) is 0 Å². The lowest BCUT2D eigenvalue weighted by Crippen LogP contribution is -2.53. The average Bonchev–Trinajstić information content (AvgIpc) is 2.45. The normalized spacial score (nSPS) is 19.9. The van der Waals surface area contributed by atoms with E-state index in [1.54, 1.807) is 12.1 Å². The van der Waals surface area contributed by atoms with E-state index in [0.29, 0.717) is 13.1 Å². The van der Waals surface area contributed by atoms with E-state index in [4.69, 9.17) is 0 Å². The first kappa shape index (κ1) is 18.1. The molecule has 0 unspecified atom stereocenters. The summed E-state index contributed by atoms with van der Waals surface area (Å²) in [6.45, 7) is 2.91. The van der Waals surface area contributed by atoms with Gasteiger partial charge in [-0.1, -0.05) is 12.1 Å². The number of piperidine rings is 1. The van der Waals surface area contributed by atoms with E-state index in [2.05, 4.69) is 5.32 Å². The number of carbonyl (C=O) groups excluding carboxylic acids is 1. The minimum Gasteiger partial charge on any atom is -0.342 e. The van der Waals surface area contributed by atoms with Crippen molar-refractivity contribution in [2.24, 2.45) is 5.92 Å². The summed E-state index contributed by atoms with van der Waals surface area (Å²) in [6.07, 6.45) is -2.65. The van der Waals surface area contributed by atoms with Crippen LogP contribution in [-0.4, -0.2) is 37.0 Å². The second-order valence-corrected chi connectivity index (χ2v) is 6.07. The molecule has 0 aliphatic carbocycles. The average molecular weight is 349 g/mol. The molecular formula is C16H20ClF3N2O. The van der Waals surface area contributed by atoms with Crippen LogP contribution in [0.25, 0.3) is 0 Å². The van der Waals surface area contributed by atoms with Gasteiger partial charge in [0, 0.05) is 26.2 Å². The largest absolute Gasteiger partial charge is 0.416 e. The monoisotopic (exact) mass is 348 g/mol. The van der Waals surface area contributed by atoms with E-state index < -0.39 is 11.7 Å². The molecule has 23 heavy (non-hydrogen) atoms. The van der Waals surface area contributed by atoms with Crippen LogP contribution in [0.2, 0.25) is 0 Å². The lowest BCUT2D eigenvalue weighted by Gasteiger charge is -2.37. The van der Waals surface area contributed by atoms with Gasteiger partial charge in [0.2, 0.25) is 5.91 Å². The van der Waals surface area contributed by atoms with Crippen molar-refractivity contribution in [2.75, 3.05) is 26.2 Å². The van der Waals surface area contributed by atoms with Crippen LogP contribution >= 0.6 is 12.4 Å². The molecule has 7 heteroatoms. The number of hydrogen-bond donors (Lipinski definition) is 1. The van der Waals surface area contributed by atoms with Gasteiger partial charge in [0.05, 0.1) is 11.5 Å². The molecule has 0 aromatic heterocycles. The highest BCUT2D eigenvalue weighted by molar-refractivity contribution is 5.85. The van der Waals surface area contributed by atoms with Crippen molar-refractivity contribution in [2.45, 2.75) is 24.9 Å². The molecule has 2 aliphatic heterocycles. The van der Waals surface area contributed by atoms with Crippen molar-refractivity contribution in [3.05, 3.63) is 35.4 Å². The maximum absolute atomic E-state index is 12.6. The van der Waals surface area contributed by atoms with E-state index in [0.717, 1.165) is 43.6 Å². The van der Waals surface area contributed by atoms with Crippen LogP contribution in [0.4, 0.5) is 13.2 Å². The summed E-state index contributed by atoms with van der Waals surface area (Å²) in [5.41, 5.74) is 0.326. The molecule has 2 fully saturated rings. The summed E-state index contributed by atoms with van der Waals surface area (Å²) in [7, 11) is 0. The molecular weight excluding hydrogens is 329 g/mol. The van der Waals surface area contributed by atoms with Crippen molar-refractivity contribution < 1.29 is 18.0 Å². The summed E-state index contributed by atoms with van der Waals surface area (Å²) in [5, 5.41) is 3.09. The molecule has 1 amide bonds. The van der Waals surface area contributed by atoms with E-state index in [-0.39, 0.29) is 30.2 Å². The topological polar surface area (TPSA) is 32.3 Å². The smallest absolute Gasteiger partial charge is 0.342 e. The van der Waals surface area contributed by atoms with Gasteiger partial charge in [0.25, 0.3) is 0 Å². The second-order valence-electron chi connectivity index (χ2n) is 6.07. The highest BCUT2D eigenvalue weighted by Crippen LogP contribution is 2.33. The Balaban J connectivity index is 0.00000192. The highest BCUT2D eigenvalue weighted by Gasteiger charge is 2.33. The minimum atomic E-state index is -4.29. The predicted molar refractivity (Wildman–Crippen MR) is 83.6 cm³/mol. The minimum absolute atomic E-state index is 0. The van der Waals surface area contributed by atoms with Crippen molar-refractivity contribution in [1.82, 2.24) is 10.2 Å². The Morgan fingerprint density at radius 2 is 1.65 bits per heavy atom. The summed E-state index contributed by atoms with van der Waals surface area (Å²) >= 11 is 0. The van der Waals surface area contributed by atoms with Gasteiger partial charge >= 0.3 is 6.18 Å². The third-order valence-corrected chi connectivity index (χ3v) is 4.65. The van der Waals surface area contributed by atoms with Crippen LogP contribution in [0.5, 0.6) is 0 Å². The molecule has 0 saturated carbocycles. The number of amides is 1. The first-order valence-corrected chi connectivity index (χ1v) is 7.62. The second kappa shape index (κ2) is 7.09. The summed E-state index contributed by atoms with van der Waals surface area (Å²) in [6, 6.07) is 5.43. The third kappa shape index (κ3) is 3.98. The fourth-order valence-electron chi connectivity index (χ4n) is 3.10. The summed E-state index contributed by atoms with van der Waals surface area (Å²) in [5.74, 6) is 0.568. The van der Waals surface area contributed by atoms with Gasteiger partial charge in [-0.25, -0.2) is 0 Å². The van der Waals surface area contributed by atoms with Gasteiger partial charge in [-0.2, -0.15) is 13.2 Å². The Kier molecular flexibility index (Phi) is 5.57. The Bertz CT molecular complexity index is 535. The molecule has 1 N–H and O–H groups in total. The molecule has 0 radical (unpaired) electrons. The maximum atomic E-state index is 12.6. The number of alkyl halides is 3. The zero-order valence-electron chi connectivity index (χ0n) is 12.6. The number of hydrogen-bond acceptors (Lipinski definition) is 2. The zero-order chi connectivity index (χ0) is 15.7. The van der Waals surface area contributed by atoms with Crippen molar-refractivity contribution >= 4 is 18.3 Å². The van der Waals surface area contributed by atoms with Crippen LogP contribution in [-0.2, 0) is 11.0 Å². The van der Waals surface area contributed by atoms with Crippen molar-refractivity contribution in [1.29, 1.82) is 0 Å². The number of nitrogens with one attached hydrogen (secondary N) is 1. The highest BCUT2D eigenvalue weighted by atomic mass is 35.5. The van der Waals surface area contributed by atoms with Crippen LogP contribution in [0, 0.1) is 5.92 Å². The standard InChI is InChI=1S/C16H19F3N2O.ClH/c17-16(18,19)14-3-1-11(2-4-14)12-5-7-21(8-6-12)15(22)13-9-20-10-13;/h1-4,12-13,20H,5-10H2;1H. The van der Waals surface area contributed by atoms with Gasteiger partial charge in [0.1, 0.15) is 0 Å². The van der Waals surface area contributed by atoms with Crippen LogP contribution in [0.1, 0.15) is 29.9 Å². The quantitative estimate of drug-likeness (QED) is 0.891. The molecule has 128 valence electrons. The number of benzene rings is 1. The number of rotatable bonds is 2. The fourth-order valence-corrected chi connectivity index (χ4v) is 3.10. The summed E-state index contributed by atoms with van der Waals surface area (Å²) < 4.78 is 37.7. The van der Waals surface area contributed by atoms with E-state index in [1.165, 1.54) is 0 Å². The first-order valence-electron chi connectivity index (χ1n) is 7.62. The number of carbonyl (C=O) groups is 1. The molecule has 0 atom stereocenters. The third-order valence-electron chi connectivity index (χ3n) is 4.65. The molecule has 3 rings (SSSR count). The van der Waals surface area contributed by atoms with Gasteiger partial charge in [-0.05, 0) is 36.5 Å².